The van der Waals surface area contributed by atoms with Gasteiger partial charge >= 0.3 is 5.97 Å². The van der Waals surface area contributed by atoms with Gasteiger partial charge in [-0.25, -0.2) is 4.79 Å². The Kier molecular flexibility index (Phi) is 4.79. The molecule has 0 aliphatic carbocycles. The Labute approximate surface area is 123 Å². The molecule has 1 aromatic carbocycles. The van der Waals surface area contributed by atoms with Crippen LogP contribution in [0.3, 0.4) is 0 Å². The van der Waals surface area contributed by atoms with E-state index in [0.717, 1.165) is 10.6 Å². The fourth-order valence-corrected chi connectivity index (χ4v) is 2.81. The van der Waals surface area contributed by atoms with Crippen LogP contribution in [0.15, 0.2) is 36.4 Å². The van der Waals surface area contributed by atoms with E-state index in [1.165, 1.54) is 10.4 Å². The summed E-state index contributed by atoms with van der Waals surface area (Å²) in [6.07, 6.45) is 0. The minimum Gasteiger partial charge on any atom is -0.464 e. The molecule has 0 amide bonds. The number of nitrogens with one attached hydrogen (secondary N) is 1. The maximum atomic E-state index is 12.1. The topological polar surface area (TPSA) is 38.3 Å². The van der Waals surface area contributed by atoms with Crippen LogP contribution in [0, 0.1) is 13.8 Å². The second-order valence-corrected chi connectivity index (χ2v) is 5.96. The fourth-order valence-electron chi connectivity index (χ4n) is 1.90. The third-order valence-corrected chi connectivity index (χ3v) is 4.00. The molecule has 0 fully saturated rings. The Bertz CT molecular complexity index is 574. The van der Waals surface area contributed by atoms with Gasteiger partial charge in [-0.3, -0.25) is 0 Å². The summed E-state index contributed by atoms with van der Waals surface area (Å²) < 4.78 is 5.17. The van der Waals surface area contributed by atoms with Crippen molar-refractivity contribution in [1.82, 2.24) is 0 Å². The molecule has 1 N–H and O–H groups in total. The normalized spacial score (nSPS) is 11.9. The van der Waals surface area contributed by atoms with Crippen LogP contribution in [-0.4, -0.2) is 12.6 Å². The molecule has 2 rings (SSSR count). The number of benzene rings is 1. The van der Waals surface area contributed by atoms with Crippen molar-refractivity contribution < 1.29 is 9.53 Å². The molecule has 0 saturated carbocycles. The van der Waals surface area contributed by atoms with Gasteiger partial charge in [0.15, 0.2) is 6.04 Å². The van der Waals surface area contributed by atoms with Crippen molar-refractivity contribution in [2.24, 2.45) is 0 Å². The number of ether oxygens (including phenoxy) is 1. The van der Waals surface area contributed by atoms with Crippen LogP contribution in [0.2, 0.25) is 0 Å². The molecule has 4 heteroatoms. The van der Waals surface area contributed by atoms with Crippen LogP contribution >= 0.6 is 11.3 Å². The second kappa shape index (κ2) is 6.57. The number of anilines is 1. The van der Waals surface area contributed by atoms with E-state index in [1.807, 2.05) is 57.2 Å². The molecule has 1 aromatic heterocycles. The summed E-state index contributed by atoms with van der Waals surface area (Å²) >= 11 is 1.61. The minimum absolute atomic E-state index is 0.241. The minimum atomic E-state index is -0.448. The Morgan fingerprint density at radius 1 is 1.20 bits per heavy atom. The van der Waals surface area contributed by atoms with Crippen molar-refractivity contribution in [2.45, 2.75) is 26.8 Å². The summed E-state index contributed by atoms with van der Waals surface area (Å²) in [7, 11) is 0. The van der Waals surface area contributed by atoms with Gasteiger partial charge in [-0.1, -0.05) is 17.7 Å². The summed E-state index contributed by atoms with van der Waals surface area (Å²) in [5.41, 5.74) is 2.11. The molecule has 1 unspecified atom stereocenters. The number of hydrogen-bond acceptors (Lipinski definition) is 4. The van der Waals surface area contributed by atoms with E-state index >= 15 is 0 Å². The third-order valence-electron chi connectivity index (χ3n) is 2.93. The van der Waals surface area contributed by atoms with Crippen molar-refractivity contribution in [3.05, 3.63) is 51.7 Å². The van der Waals surface area contributed by atoms with Crippen molar-refractivity contribution in [3.8, 4) is 0 Å². The van der Waals surface area contributed by atoms with Gasteiger partial charge in [-0.15, -0.1) is 11.3 Å². The molecule has 0 aliphatic rings. The summed E-state index contributed by atoms with van der Waals surface area (Å²) in [5.74, 6) is -0.241. The zero-order chi connectivity index (χ0) is 14.5. The predicted molar refractivity (Wildman–Crippen MR) is 83.2 cm³/mol. The van der Waals surface area contributed by atoms with E-state index in [-0.39, 0.29) is 5.97 Å². The van der Waals surface area contributed by atoms with Crippen molar-refractivity contribution in [2.75, 3.05) is 11.9 Å². The van der Waals surface area contributed by atoms with Gasteiger partial charge in [0.1, 0.15) is 0 Å². The smallest absolute Gasteiger partial charge is 0.334 e. The van der Waals surface area contributed by atoms with Crippen molar-refractivity contribution in [1.29, 1.82) is 0 Å². The number of rotatable bonds is 5. The molecule has 0 saturated heterocycles. The van der Waals surface area contributed by atoms with Crippen molar-refractivity contribution >= 4 is 23.0 Å². The van der Waals surface area contributed by atoms with Gasteiger partial charge in [0.25, 0.3) is 0 Å². The molecule has 0 aliphatic heterocycles. The van der Waals surface area contributed by atoms with E-state index in [1.54, 1.807) is 11.3 Å². The quantitative estimate of drug-likeness (QED) is 0.843. The zero-order valence-corrected chi connectivity index (χ0v) is 12.8. The number of carbonyl (C=O) groups excluding carboxylic acids is 1. The first-order valence-corrected chi connectivity index (χ1v) is 7.48. The molecular formula is C16H19NO2S. The van der Waals surface area contributed by atoms with Crippen LogP contribution in [0.25, 0.3) is 0 Å². The molecular weight excluding hydrogens is 270 g/mol. The molecule has 1 atom stereocenters. The lowest BCUT2D eigenvalue weighted by molar-refractivity contribution is -0.144. The second-order valence-electron chi connectivity index (χ2n) is 4.64. The SMILES string of the molecule is CCOC(=O)C(Nc1ccc(C)cc1)c1ccc(C)s1. The maximum absolute atomic E-state index is 12.1. The molecule has 2 aromatic rings. The van der Waals surface area contributed by atoms with Gasteiger partial charge in [0, 0.05) is 15.4 Å². The monoisotopic (exact) mass is 289 g/mol. The van der Waals surface area contributed by atoms with E-state index in [2.05, 4.69) is 5.32 Å². The van der Waals surface area contributed by atoms with Gasteiger partial charge in [-0.05, 0) is 45.0 Å². The number of esters is 1. The number of thiophene rings is 1. The summed E-state index contributed by atoms with van der Waals surface area (Å²) in [6, 6.07) is 11.5. The van der Waals surface area contributed by atoms with E-state index < -0.39 is 6.04 Å². The van der Waals surface area contributed by atoms with E-state index in [9.17, 15) is 4.79 Å². The Hall–Kier alpha value is -1.81. The lowest BCUT2D eigenvalue weighted by Crippen LogP contribution is -2.22. The Morgan fingerprint density at radius 3 is 2.45 bits per heavy atom. The highest BCUT2D eigenvalue weighted by Crippen LogP contribution is 2.27. The van der Waals surface area contributed by atoms with Crippen LogP contribution < -0.4 is 5.32 Å². The van der Waals surface area contributed by atoms with Crippen LogP contribution in [0.5, 0.6) is 0 Å². The van der Waals surface area contributed by atoms with Crippen molar-refractivity contribution in [3.63, 3.8) is 0 Å². The van der Waals surface area contributed by atoms with E-state index in [4.69, 9.17) is 4.74 Å². The maximum Gasteiger partial charge on any atom is 0.334 e. The predicted octanol–water partition coefficient (Wildman–Crippen LogP) is 4.08. The standard InChI is InChI=1S/C16H19NO2S/c1-4-19-16(18)15(14-10-7-12(3)20-14)17-13-8-5-11(2)6-9-13/h5-10,15,17H,4H2,1-3H3. The molecule has 0 bridgehead atoms. The zero-order valence-electron chi connectivity index (χ0n) is 12.0. The first-order chi connectivity index (χ1) is 9.60. The summed E-state index contributed by atoms with van der Waals surface area (Å²) in [4.78, 5) is 14.3. The lowest BCUT2D eigenvalue weighted by atomic mass is 10.2. The van der Waals surface area contributed by atoms with Crippen LogP contribution in [-0.2, 0) is 9.53 Å². The van der Waals surface area contributed by atoms with Gasteiger partial charge in [0.2, 0.25) is 0 Å². The summed E-state index contributed by atoms with van der Waals surface area (Å²) in [6.45, 7) is 6.27. The lowest BCUT2D eigenvalue weighted by Gasteiger charge is -2.17. The molecule has 106 valence electrons. The highest BCUT2D eigenvalue weighted by molar-refractivity contribution is 7.12. The average Bonchev–Trinajstić information content (AvgIpc) is 2.84. The van der Waals surface area contributed by atoms with Gasteiger partial charge < -0.3 is 10.1 Å². The summed E-state index contributed by atoms with van der Waals surface area (Å²) in [5, 5.41) is 3.26. The first-order valence-electron chi connectivity index (χ1n) is 6.66. The number of aryl methyl sites for hydroxylation is 2. The largest absolute Gasteiger partial charge is 0.464 e. The fraction of sp³-hybridized carbons (Fsp3) is 0.312. The Balaban J connectivity index is 2.22. The number of hydrogen-bond donors (Lipinski definition) is 1. The molecule has 0 spiro atoms. The van der Waals surface area contributed by atoms with Gasteiger partial charge in [0.05, 0.1) is 6.61 Å². The molecule has 3 nitrogen and oxygen atoms in total. The third kappa shape index (κ3) is 3.61. The van der Waals surface area contributed by atoms with E-state index in [0.29, 0.717) is 6.61 Å². The highest BCUT2D eigenvalue weighted by atomic mass is 32.1. The average molecular weight is 289 g/mol. The van der Waals surface area contributed by atoms with Crippen LogP contribution in [0.4, 0.5) is 5.69 Å². The van der Waals surface area contributed by atoms with Crippen LogP contribution in [0.1, 0.15) is 28.3 Å². The first kappa shape index (κ1) is 14.6. The van der Waals surface area contributed by atoms with Gasteiger partial charge in [-0.2, -0.15) is 0 Å². The Morgan fingerprint density at radius 2 is 1.90 bits per heavy atom. The molecule has 0 radical (unpaired) electrons. The number of carbonyl (C=O) groups is 1. The highest BCUT2D eigenvalue weighted by Gasteiger charge is 2.23. The molecule has 1 heterocycles. The molecule has 20 heavy (non-hydrogen) atoms.